The van der Waals surface area contributed by atoms with Gasteiger partial charge in [-0.25, -0.2) is 0 Å². The molecule has 0 heterocycles. The third-order valence-corrected chi connectivity index (χ3v) is 0.150. The predicted molar refractivity (Wildman–Crippen MR) is 16.4 cm³/mol. The predicted octanol–water partition coefficient (Wildman–Crippen LogP) is 0.880. The zero-order chi connectivity index (χ0) is 3.41. The summed E-state index contributed by atoms with van der Waals surface area (Å²) in [6.07, 6.45) is 0. The van der Waals surface area contributed by atoms with Gasteiger partial charge in [0.2, 0.25) is 0 Å². The summed E-state index contributed by atoms with van der Waals surface area (Å²) in [7, 11) is 3.31. The molecule has 18 valence electrons. The molecule has 0 spiro atoms. The third kappa shape index (κ3) is 1.70. The molecule has 0 aliphatic rings. The van der Waals surface area contributed by atoms with E-state index < -0.39 is 0 Å². The Morgan fingerprint density at radius 2 is 2.00 bits per heavy atom. The minimum atomic E-state index is 1.54. The average Bonchev–Trinajstić information content (AvgIpc) is 1.37. The molecule has 0 bridgehead atoms. The van der Waals surface area contributed by atoms with Crippen LogP contribution in [-0.2, 0) is 0 Å². The summed E-state index contributed by atoms with van der Waals surface area (Å²) in [6, 6.07) is 1.54. The first kappa shape index (κ1) is 3.70. The Bertz CT molecular complexity index is 61.0. The van der Waals surface area contributed by atoms with Gasteiger partial charge in [0, 0.05) is 0 Å². The molecule has 0 N–H and O–H groups in total. The van der Waals surface area contributed by atoms with Gasteiger partial charge in [0.15, 0.2) is 0 Å². The van der Waals surface area contributed by atoms with Gasteiger partial charge < -0.3 is 0 Å². The van der Waals surface area contributed by atoms with Gasteiger partial charge in [-0.15, -0.1) is 0 Å². The van der Waals surface area contributed by atoms with E-state index in [0.29, 0.717) is 0 Å². The second-order valence-electron chi connectivity index (χ2n) is 0.224. The minimum absolute atomic E-state index is 1.54. The van der Waals surface area contributed by atoms with E-state index >= 15 is 0 Å². The van der Waals surface area contributed by atoms with E-state index in [4.69, 9.17) is 5.26 Å². The molecule has 1 nitrogen and oxygen atoms in total. The van der Waals surface area contributed by atoms with E-state index in [2.05, 4.69) is 8.70 Å². The maximum absolute atomic E-state index is 7.44. The van der Waals surface area contributed by atoms with Crippen molar-refractivity contribution in [3.8, 4) is 11.7 Å². The quantitative estimate of drug-likeness (QED) is 0.236. The van der Waals surface area contributed by atoms with E-state index in [1.807, 2.05) is 5.63 Å². The van der Waals surface area contributed by atoms with Crippen molar-refractivity contribution >= 4 is 8.70 Å². The first-order chi connectivity index (χ1) is 1.91. The molecule has 0 aromatic heterocycles. The summed E-state index contributed by atoms with van der Waals surface area (Å²) in [4.78, 5) is 0. The summed E-state index contributed by atoms with van der Waals surface area (Å²) in [5.41, 5.74) is 1.93. The van der Waals surface area contributed by atoms with Gasteiger partial charge in [0.25, 0.3) is 0 Å². The molecular formula is C2NP. The van der Waals surface area contributed by atoms with Crippen molar-refractivity contribution in [1.29, 1.82) is 5.26 Å². The zero-order valence-electron chi connectivity index (χ0n) is 1.89. The molecule has 0 saturated carbocycles. The summed E-state index contributed by atoms with van der Waals surface area (Å²) < 4.78 is 0. The van der Waals surface area contributed by atoms with Crippen LogP contribution in [0.3, 0.4) is 0 Å². The second-order valence-corrected chi connectivity index (χ2v) is 0.447. The van der Waals surface area contributed by atoms with E-state index in [0.717, 1.165) is 0 Å². The van der Waals surface area contributed by atoms with Gasteiger partial charge in [-0.1, -0.05) is 0 Å². The Labute approximate surface area is 26.7 Å². The molecule has 0 aromatic carbocycles. The summed E-state index contributed by atoms with van der Waals surface area (Å²) in [5, 5.41) is 7.44. The molecule has 0 fully saturated rings. The van der Waals surface area contributed by atoms with Gasteiger partial charge in [-0.05, 0) is 0 Å². The van der Waals surface area contributed by atoms with Crippen LogP contribution in [0.1, 0.15) is 0 Å². The summed E-state index contributed by atoms with van der Waals surface area (Å²) in [5.74, 6) is 0. The van der Waals surface area contributed by atoms with E-state index in [1.54, 1.807) is 6.07 Å². The van der Waals surface area contributed by atoms with Crippen molar-refractivity contribution in [2.45, 2.75) is 0 Å². The van der Waals surface area contributed by atoms with Crippen molar-refractivity contribution in [3.05, 3.63) is 0 Å². The van der Waals surface area contributed by atoms with E-state index in [9.17, 15) is 0 Å². The zero-order valence-corrected chi connectivity index (χ0v) is 2.79. The van der Waals surface area contributed by atoms with E-state index in [1.165, 1.54) is 0 Å². The number of hydrogen-bond acceptors (Lipinski definition) is 1. The molecule has 0 atom stereocenters. The Morgan fingerprint density at radius 1 is 1.75 bits per heavy atom. The fraction of sp³-hybridized carbons (Fsp3) is 0. The molecule has 2 heteroatoms. The molecule has 0 amide bonds. The Morgan fingerprint density at radius 3 is 2.00 bits per heavy atom. The molecular weight excluding hydrogens is 71.0 g/mol. The van der Waals surface area contributed by atoms with Crippen LogP contribution >= 0.6 is 8.70 Å². The van der Waals surface area contributed by atoms with E-state index in [-0.39, 0.29) is 0 Å². The Balaban J connectivity index is 3.14. The van der Waals surface area contributed by atoms with Crippen LogP contribution < -0.4 is 0 Å². The van der Waals surface area contributed by atoms with Crippen molar-refractivity contribution in [2.75, 3.05) is 0 Å². The first-order valence-electron chi connectivity index (χ1n) is 0.697. The van der Waals surface area contributed by atoms with Gasteiger partial charge in [0.1, 0.15) is 0 Å². The molecule has 4 heavy (non-hydrogen) atoms. The van der Waals surface area contributed by atoms with Crippen LogP contribution in [0.5, 0.6) is 0 Å². The van der Waals surface area contributed by atoms with Crippen LogP contribution in [0.2, 0.25) is 0 Å². The van der Waals surface area contributed by atoms with Crippen molar-refractivity contribution in [1.82, 2.24) is 0 Å². The topological polar surface area (TPSA) is 23.8 Å². The van der Waals surface area contributed by atoms with Crippen LogP contribution in [0, 0.1) is 17.0 Å². The molecule has 0 unspecified atom stereocenters. The van der Waals surface area contributed by atoms with Crippen LogP contribution in [0.25, 0.3) is 0 Å². The van der Waals surface area contributed by atoms with Crippen LogP contribution in [0.4, 0.5) is 0 Å². The number of rotatable bonds is 0. The number of hydrogen-bond donors (Lipinski definition) is 0. The molecule has 0 saturated heterocycles. The van der Waals surface area contributed by atoms with Crippen LogP contribution in [-0.4, -0.2) is 0 Å². The SMILES string of the molecule is [15N]#C[13C]#P. The molecule has 0 rings (SSSR count). The van der Waals surface area contributed by atoms with Gasteiger partial charge in [-0.3, -0.25) is 0 Å². The average molecular weight is 71.0 g/mol. The number of nitrogens with zero attached hydrogens (tertiary/aromatic N) is 1. The fourth-order valence-corrected chi connectivity index (χ4v) is 0. The molecule has 0 aromatic rings. The normalized spacial score (nSPS) is 2.50. The summed E-state index contributed by atoms with van der Waals surface area (Å²) in [6.45, 7) is 0. The third-order valence-electron chi connectivity index (χ3n) is 0.0500. The fourth-order valence-electron chi connectivity index (χ4n) is 0. The van der Waals surface area contributed by atoms with Crippen molar-refractivity contribution < 1.29 is 0 Å². The maximum atomic E-state index is 7.44. The molecule has 0 radical (unpaired) electrons. The Kier molecular flexibility index (Phi) is 2.50. The van der Waals surface area contributed by atoms with Gasteiger partial charge in [-0.2, -0.15) is 0 Å². The van der Waals surface area contributed by atoms with Crippen LogP contribution in [0.15, 0.2) is 0 Å². The summed E-state index contributed by atoms with van der Waals surface area (Å²) >= 11 is 0. The second kappa shape index (κ2) is 2.70. The van der Waals surface area contributed by atoms with Crippen molar-refractivity contribution in [2.24, 2.45) is 0 Å². The monoisotopic (exact) mass is 71.0 g/mol. The van der Waals surface area contributed by atoms with Gasteiger partial charge in [0.05, 0.1) is 0 Å². The number of nitriles is 1. The van der Waals surface area contributed by atoms with Crippen molar-refractivity contribution in [3.63, 3.8) is 0 Å². The van der Waals surface area contributed by atoms with Gasteiger partial charge >= 0.3 is 25.7 Å². The molecule has 0 aliphatic heterocycles. The standard InChI is InChI=1S/C2NP/c3-1-2-4/i2+1,3+1. The molecule has 0 aliphatic carbocycles. The first-order valence-corrected chi connectivity index (χ1v) is 1.14. The Hall–Kier alpha value is -0.300.